The number of nitrogens with zero attached hydrogens (tertiary/aromatic N) is 1. The second kappa shape index (κ2) is 9.70. The van der Waals surface area contributed by atoms with E-state index in [2.05, 4.69) is 21.1 Å². The van der Waals surface area contributed by atoms with E-state index in [9.17, 15) is 31.5 Å². The van der Waals surface area contributed by atoms with Crippen molar-refractivity contribution in [1.29, 1.82) is 0 Å². The summed E-state index contributed by atoms with van der Waals surface area (Å²) in [5.74, 6) is -3.56. The Labute approximate surface area is 221 Å². The molecule has 1 aliphatic rings. The molecule has 3 aromatic carbocycles. The highest BCUT2D eigenvalue weighted by Crippen LogP contribution is 2.42. The van der Waals surface area contributed by atoms with Gasteiger partial charge in [0.25, 0.3) is 11.8 Å². The third kappa shape index (κ3) is 5.15. The number of aryl methyl sites for hydroxylation is 1. The van der Waals surface area contributed by atoms with Crippen molar-refractivity contribution in [3.05, 3.63) is 105 Å². The van der Waals surface area contributed by atoms with Crippen LogP contribution in [0, 0.1) is 18.6 Å². The summed E-state index contributed by atoms with van der Waals surface area (Å²) in [6, 6.07) is 6.82. The first-order chi connectivity index (χ1) is 18.4. The lowest BCUT2D eigenvalue weighted by Crippen LogP contribution is -2.21. The minimum atomic E-state index is -4.89. The number of anilines is 3. The van der Waals surface area contributed by atoms with Crippen LogP contribution in [0.5, 0.6) is 0 Å². The van der Waals surface area contributed by atoms with E-state index >= 15 is 0 Å². The Bertz CT molecular complexity index is 1640. The van der Waals surface area contributed by atoms with Crippen molar-refractivity contribution in [2.45, 2.75) is 19.1 Å². The van der Waals surface area contributed by atoms with Crippen LogP contribution >= 0.6 is 11.6 Å². The lowest BCUT2D eigenvalue weighted by molar-refractivity contribution is -0.137. The highest BCUT2D eigenvalue weighted by Gasteiger charge is 2.36. The number of hydrogen-bond acceptors (Lipinski definition) is 5. The Morgan fingerprint density at radius 1 is 1.05 bits per heavy atom. The lowest BCUT2D eigenvalue weighted by Gasteiger charge is -2.19. The van der Waals surface area contributed by atoms with Gasteiger partial charge in [0, 0.05) is 38.7 Å². The van der Waals surface area contributed by atoms with Gasteiger partial charge in [0.1, 0.15) is 29.3 Å². The molecule has 39 heavy (non-hydrogen) atoms. The summed E-state index contributed by atoms with van der Waals surface area (Å²) >= 11 is 6.28. The molecule has 1 unspecified atom stereocenters. The van der Waals surface area contributed by atoms with Crippen LogP contribution in [0.15, 0.2) is 59.3 Å². The second-order valence-electron chi connectivity index (χ2n) is 8.68. The molecular formula is C26H16ClF5N4O3. The molecule has 2 amide bonds. The van der Waals surface area contributed by atoms with Crippen LogP contribution in [0.4, 0.5) is 39.0 Å². The van der Waals surface area contributed by atoms with Gasteiger partial charge >= 0.3 is 6.18 Å². The molecule has 0 bridgehead atoms. The van der Waals surface area contributed by atoms with E-state index in [1.807, 2.05) is 0 Å². The molecule has 0 saturated heterocycles. The van der Waals surface area contributed by atoms with Gasteiger partial charge in [-0.1, -0.05) is 16.8 Å². The Kier molecular flexibility index (Phi) is 6.51. The fourth-order valence-electron chi connectivity index (χ4n) is 4.22. The largest absolute Gasteiger partial charge is 0.416 e. The highest BCUT2D eigenvalue weighted by atomic mass is 35.5. The molecule has 0 fully saturated rings. The smallest absolute Gasteiger partial charge is 0.362 e. The van der Waals surface area contributed by atoms with Crippen LogP contribution in [0.3, 0.4) is 0 Å². The maximum Gasteiger partial charge on any atom is 0.416 e. The molecule has 0 saturated carbocycles. The summed E-state index contributed by atoms with van der Waals surface area (Å²) in [5.41, 5.74) is -0.336. The Balaban J connectivity index is 1.62. The van der Waals surface area contributed by atoms with Crippen molar-refractivity contribution in [3.63, 3.8) is 0 Å². The van der Waals surface area contributed by atoms with Crippen LogP contribution in [0.1, 0.15) is 49.1 Å². The number of halogens is 6. The molecule has 1 atom stereocenters. The van der Waals surface area contributed by atoms with Crippen LogP contribution in [0.2, 0.25) is 5.02 Å². The maximum absolute atomic E-state index is 14.1. The number of carbonyl (C=O) groups is 2. The van der Waals surface area contributed by atoms with Crippen molar-refractivity contribution < 1.29 is 36.1 Å². The van der Waals surface area contributed by atoms with Crippen LogP contribution < -0.4 is 16.0 Å². The molecule has 3 N–H and O–H groups in total. The van der Waals surface area contributed by atoms with Crippen molar-refractivity contribution in [3.8, 4) is 0 Å². The molecule has 0 spiro atoms. The normalized spacial score (nSPS) is 14.6. The molecule has 5 rings (SSSR count). The van der Waals surface area contributed by atoms with Crippen molar-refractivity contribution in [1.82, 2.24) is 10.5 Å². The van der Waals surface area contributed by atoms with E-state index in [0.29, 0.717) is 23.5 Å². The van der Waals surface area contributed by atoms with Gasteiger partial charge in [-0.05, 0) is 55.5 Å². The van der Waals surface area contributed by atoms with Crippen molar-refractivity contribution >= 4 is 40.5 Å². The minimum Gasteiger partial charge on any atom is -0.362 e. The zero-order valence-corrected chi connectivity index (χ0v) is 20.5. The number of aromatic nitrogens is 1. The first-order valence-corrected chi connectivity index (χ1v) is 11.6. The van der Waals surface area contributed by atoms with E-state index in [1.54, 1.807) is 6.92 Å². The molecule has 200 valence electrons. The Morgan fingerprint density at radius 3 is 2.51 bits per heavy atom. The topological polar surface area (TPSA) is 96.3 Å². The minimum absolute atomic E-state index is 0.0180. The molecule has 0 radical (unpaired) electrons. The first kappa shape index (κ1) is 26.2. The van der Waals surface area contributed by atoms with Gasteiger partial charge < -0.3 is 20.5 Å². The van der Waals surface area contributed by atoms with Crippen molar-refractivity contribution in [2.24, 2.45) is 0 Å². The SMILES string of the molecule is Cc1nocc1Nc1cc(NC(=O)c2cc(F)cc(C(F)(F)F)c2)c2c(c1)C(=O)NC2c1cc(F)ccc1Cl. The van der Waals surface area contributed by atoms with E-state index in [4.69, 9.17) is 16.1 Å². The predicted molar refractivity (Wildman–Crippen MR) is 131 cm³/mol. The maximum atomic E-state index is 14.1. The zero-order chi connectivity index (χ0) is 28.1. The number of carbonyl (C=O) groups excluding carboxylic acids is 2. The van der Waals surface area contributed by atoms with E-state index < -0.39 is 46.8 Å². The fourth-order valence-corrected chi connectivity index (χ4v) is 4.45. The van der Waals surface area contributed by atoms with Gasteiger partial charge in [-0.25, -0.2) is 8.78 Å². The molecular weight excluding hydrogens is 547 g/mol. The number of hydrogen-bond donors (Lipinski definition) is 3. The highest BCUT2D eigenvalue weighted by molar-refractivity contribution is 6.31. The Hall–Kier alpha value is -4.45. The van der Waals surface area contributed by atoms with Gasteiger partial charge in [0.2, 0.25) is 0 Å². The number of benzene rings is 3. The Morgan fingerprint density at radius 2 is 1.82 bits per heavy atom. The number of nitrogens with one attached hydrogen (secondary N) is 3. The molecule has 4 aromatic rings. The van der Waals surface area contributed by atoms with Gasteiger partial charge in [0.05, 0.1) is 11.6 Å². The summed E-state index contributed by atoms with van der Waals surface area (Å²) in [6.45, 7) is 1.65. The van der Waals surface area contributed by atoms with Gasteiger partial charge in [-0.15, -0.1) is 0 Å². The monoisotopic (exact) mass is 562 g/mol. The van der Waals surface area contributed by atoms with Gasteiger partial charge in [0.15, 0.2) is 0 Å². The molecule has 1 aromatic heterocycles. The van der Waals surface area contributed by atoms with Crippen LogP contribution in [-0.4, -0.2) is 17.0 Å². The summed E-state index contributed by atoms with van der Waals surface area (Å²) < 4.78 is 72.7. The molecule has 1 aliphatic heterocycles. The number of fused-ring (bicyclic) bond motifs is 1. The van der Waals surface area contributed by atoms with E-state index in [-0.39, 0.29) is 39.2 Å². The second-order valence-corrected chi connectivity index (χ2v) is 9.08. The quantitative estimate of drug-likeness (QED) is 0.234. The summed E-state index contributed by atoms with van der Waals surface area (Å²) in [6.07, 6.45) is -3.59. The molecule has 0 aliphatic carbocycles. The summed E-state index contributed by atoms with van der Waals surface area (Å²) in [7, 11) is 0. The van der Waals surface area contributed by atoms with Crippen LogP contribution in [0.25, 0.3) is 0 Å². The standard InChI is InChI=1S/C26H16ClF5N4O3/c1-11-21(10-39-36-11)33-16-8-18-22(23(35-25(18)38)17-7-14(28)2-3-19(17)27)20(9-16)34-24(37)12-4-13(26(30,31)32)6-15(29)5-12/h2-10,23,33H,1H3,(H,34,37)(H,35,38). The number of rotatable bonds is 5. The molecule has 13 heteroatoms. The van der Waals surface area contributed by atoms with E-state index in [1.165, 1.54) is 24.5 Å². The van der Waals surface area contributed by atoms with Gasteiger partial charge in [-0.2, -0.15) is 13.2 Å². The summed E-state index contributed by atoms with van der Waals surface area (Å²) in [5, 5.41) is 12.0. The lowest BCUT2D eigenvalue weighted by atomic mass is 9.95. The molecule has 2 heterocycles. The number of alkyl halides is 3. The fraction of sp³-hybridized carbons (Fsp3) is 0.115. The zero-order valence-electron chi connectivity index (χ0n) is 19.7. The first-order valence-electron chi connectivity index (χ1n) is 11.2. The third-order valence-electron chi connectivity index (χ3n) is 6.02. The third-order valence-corrected chi connectivity index (χ3v) is 6.37. The summed E-state index contributed by atoms with van der Waals surface area (Å²) in [4.78, 5) is 26.1. The average molecular weight is 563 g/mol. The number of amides is 2. The van der Waals surface area contributed by atoms with Gasteiger partial charge in [-0.3, -0.25) is 9.59 Å². The van der Waals surface area contributed by atoms with Crippen LogP contribution in [-0.2, 0) is 6.18 Å². The average Bonchev–Trinajstić information content (AvgIpc) is 3.42. The van der Waals surface area contributed by atoms with E-state index in [0.717, 1.165) is 12.1 Å². The predicted octanol–water partition coefficient (Wildman–Crippen LogP) is 6.76. The molecule has 7 nitrogen and oxygen atoms in total. The van der Waals surface area contributed by atoms with Crippen molar-refractivity contribution in [2.75, 3.05) is 10.6 Å².